The molecule has 1 N–H and O–H groups in total. The Morgan fingerprint density at radius 2 is 1.69 bits per heavy atom. The van der Waals surface area contributed by atoms with Gasteiger partial charge in [0.05, 0.1) is 5.69 Å². The van der Waals surface area contributed by atoms with Crippen molar-refractivity contribution >= 4 is 11.6 Å². The average Bonchev–Trinajstić information content (AvgIpc) is 2.98. The number of fused-ring (bicyclic) bond motifs is 3. The van der Waals surface area contributed by atoms with Gasteiger partial charge in [-0.25, -0.2) is 18.7 Å². The van der Waals surface area contributed by atoms with Crippen molar-refractivity contribution in [1.29, 1.82) is 0 Å². The molecule has 5 nitrogen and oxygen atoms in total. The number of benzene rings is 2. The van der Waals surface area contributed by atoms with Crippen LogP contribution in [-0.4, -0.2) is 20.9 Å². The molecule has 0 atom stereocenters. The zero-order chi connectivity index (χ0) is 22.1. The van der Waals surface area contributed by atoms with Crippen molar-refractivity contribution < 1.29 is 13.6 Å². The van der Waals surface area contributed by atoms with Crippen molar-refractivity contribution in [3.63, 3.8) is 0 Å². The fourth-order valence-electron chi connectivity index (χ4n) is 3.95. The molecular formula is C25H18F2N4O. The third-order valence-corrected chi connectivity index (χ3v) is 5.50. The van der Waals surface area contributed by atoms with Gasteiger partial charge in [0.15, 0.2) is 5.82 Å². The zero-order valence-electron chi connectivity index (χ0n) is 17.0. The molecular weight excluding hydrogens is 410 g/mol. The lowest BCUT2D eigenvalue weighted by molar-refractivity contribution is 0.101. The van der Waals surface area contributed by atoms with Crippen LogP contribution in [0.4, 0.5) is 14.5 Å². The number of hydrogen-bond donors (Lipinski definition) is 1. The van der Waals surface area contributed by atoms with Gasteiger partial charge in [-0.3, -0.25) is 9.78 Å². The summed E-state index contributed by atoms with van der Waals surface area (Å²) in [5.74, 6) is -2.00. The lowest BCUT2D eigenvalue weighted by Gasteiger charge is -2.13. The van der Waals surface area contributed by atoms with Gasteiger partial charge in [0.2, 0.25) is 0 Å². The number of carbonyl (C=O) groups is 1. The summed E-state index contributed by atoms with van der Waals surface area (Å²) in [4.78, 5) is 25.9. The minimum Gasteiger partial charge on any atom is -0.322 e. The van der Waals surface area contributed by atoms with Gasteiger partial charge in [-0.1, -0.05) is 12.1 Å². The summed E-state index contributed by atoms with van der Waals surface area (Å²) in [6, 6.07) is 12.5. The molecule has 0 bridgehead atoms. The van der Waals surface area contributed by atoms with Gasteiger partial charge in [0.1, 0.15) is 17.2 Å². The van der Waals surface area contributed by atoms with Crippen molar-refractivity contribution in [3.8, 4) is 22.6 Å². The van der Waals surface area contributed by atoms with Crippen LogP contribution in [0.3, 0.4) is 0 Å². The number of nitrogens with zero attached hydrogens (tertiary/aromatic N) is 3. The van der Waals surface area contributed by atoms with E-state index in [9.17, 15) is 13.6 Å². The molecule has 2 aromatic heterocycles. The second kappa shape index (κ2) is 8.26. The lowest BCUT2D eigenvalue weighted by Crippen LogP contribution is -2.16. The van der Waals surface area contributed by atoms with Crippen LogP contribution in [0.25, 0.3) is 22.6 Å². The first-order valence-electron chi connectivity index (χ1n) is 10.2. The number of aromatic nitrogens is 3. The van der Waals surface area contributed by atoms with Crippen LogP contribution >= 0.6 is 0 Å². The first-order chi connectivity index (χ1) is 15.6. The van der Waals surface area contributed by atoms with Gasteiger partial charge in [-0.15, -0.1) is 0 Å². The van der Waals surface area contributed by atoms with Crippen molar-refractivity contribution in [1.82, 2.24) is 15.0 Å². The number of rotatable bonds is 3. The molecule has 7 heteroatoms. The van der Waals surface area contributed by atoms with E-state index in [0.717, 1.165) is 59.3 Å². The molecule has 32 heavy (non-hydrogen) atoms. The smallest absolute Gasteiger partial charge is 0.261 e. The van der Waals surface area contributed by atoms with E-state index in [1.807, 2.05) is 30.5 Å². The third-order valence-electron chi connectivity index (χ3n) is 5.50. The molecule has 0 unspecified atom stereocenters. The Bertz CT molecular complexity index is 1300. The van der Waals surface area contributed by atoms with Gasteiger partial charge in [-0.05, 0) is 66.8 Å². The fraction of sp³-hybridized carbons (Fsp3) is 0.120. The maximum Gasteiger partial charge on any atom is 0.261 e. The molecule has 0 radical (unpaired) electrons. The summed E-state index contributed by atoms with van der Waals surface area (Å²) >= 11 is 0. The third kappa shape index (κ3) is 3.73. The first kappa shape index (κ1) is 19.9. The molecule has 0 spiro atoms. The highest BCUT2D eigenvalue weighted by atomic mass is 19.1. The number of anilines is 1. The Balaban J connectivity index is 1.50. The molecule has 158 valence electrons. The number of hydrogen-bond acceptors (Lipinski definition) is 4. The summed E-state index contributed by atoms with van der Waals surface area (Å²) in [5, 5.41) is 2.61. The van der Waals surface area contributed by atoms with E-state index < -0.39 is 23.1 Å². The van der Waals surface area contributed by atoms with Crippen LogP contribution in [0.15, 0.2) is 67.1 Å². The molecule has 2 heterocycles. The Kier molecular flexibility index (Phi) is 5.15. The quantitative estimate of drug-likeness (QED) is 0.486. The maximum absolute atomic E-state index is 14.0. The first-order valence-corrected chi connectivity index (χ1v) is 10.2. The second-order valence-corrected chi connectivity index (χ2v) is 7.58. The van der Waals surface area contributed by atoms with Crippen LogP contribution < -0.4 is 5.32 Å². The topological polar surface area (TPSA) is 67.8 Å². The van der Waals surface area contributed by atoms with Crippen LogP contribution in [0.5, 0.6) is 0 Å². The maximum atomic E-state index is 14.0. The number of carbonyl (C=O) groups excluding carboxylic acids is 1. The number of halogens is 2. The zero-order valence-corrected chi connectivity index (χ0v) is 17.0. The predicted octanol–water partition coefficient (Wildman–Crippen LogP) is 5.22. The minimum atomic E-state index is -0.897. The summed E-state index contributed by atoms with van der Waals surface area (Å²) in [5.41, 5.74) is 4.65. The Morgan fingerprint density at radius 3 is 2.47 bits per heavy atom. The fourth-order valence-corrected chi connectivity index (χ4v) is 3.95. The summed E-state index contributed by atoms with van der Waals surface area (Å²) in [6.07, 6.45) is 7.79. The van der Waals surface area contributed by atoms with Gasteiger partial charge >= 0.3 is 0 Å². The monoisotopic (exact) mass is 428 g/mol. The minimum absolute atomic E-state index is 0.475. The van der Waals surface area contributed by atoms with E-state index in [4.69, 9.17) is 4.98 Å². The van der Waals surface area contributed by atoms with E-state index in [-0.39, 0.29) is 0 Å². The molecule has 5 rings (SSSR count). The number of pyridine rings is 1. The molecule has 1 aliphatic rings. The van der Waals surface area contributed by atoms with Gasteiger partial charge in [-0.2, -0.15) is 0 Å². The van der Waals surface area contributed by atoms with Crippen LogP contribution in [0, 0.1) is 11.6 Å². The normalized spacial score (nSPS) is 12.4. The second-order valence-electron chi connectivity index (χ2n) is 7.58. The van der Waals surface area contributed by atoms with Gasteiger partial charge in [0, 0.05) is 35.4 Å². The highest BCUT2D eigenvalue weighted by molar-refractivity contribution is 6.04. The Labute approximate surface area is 183 Å². The van der Waals surface area contributed by atoms with Crippen molar-refractivity contribution in [2.24, 2.45) is 0 Å². The molecule has 4 aromatic rings. The van der Waals surface area contributed by atoms with E-state index in [2.05, 4.69) is 15.3 Å². The summed E-state index contributed by atoms with van der Waals surface area (Å²) in [7, 11) is 0. The predicted molar refractivity (Wildman–Crippen MR) is 117 cm³/mol. The van der Waals surface area contributed by atoms with Crippen LogP contribution in [-0.2, 0) is 12.8 Å². The average molecular weight is 428 g/mol. The van der Waals surface area contributed by atoms with Gasteiger partial charge < -0.3 is 5.32 Å². The number of amides is 1. The lowest BCUT2D eigenvalue weighted by atomic mass is 10.0. The van der Waals surface area contributed by atoms with Crippen molar-refractivity contribution in [2.45, 2.75) is 19.3 Å². The van der Waals surface area contributed by atoms with E-state index in [1.165, 1.54) is 6.07 Å². The summed E-state index contributed by atoms with van der Waals surface area (Å²) < 4.78 is 27.9. The van der Waals surface area contributed by atoms with E-state index in [1.54, 1.807) is 18.5 Å². The Hall–Kier alpha value is -4.00. The highest BCUT2D eigenvalue weighted by Gasteiger charge is 2.20. The summed E-state index contributed by atoms with van der Waals surface area (Å²) in [6.45, 7) is 0. The molecule has 0 aliphatic heterocycles. The molecule has 2 aromatic carbocycles. The van der Waals surface area contributed by atoms with Gasteiger partial charge in [0.25, 0.3) is 5.91 Å². The van der Waals surface area contributed by atoms with E-state index in [0.29, 0.717) is 11.5 Å². The van der Waals surface area contributed by atoms with Crippen LogP contribution in [0.2, 0.25) is 0 Å². The molecule has 1 amide bonds. The van der Waals surface area contributed by atoms with E-state index >= 15 is 0 Å². The standard InChI is InChI=1S/C25H18F2N4O/c26-20-5-2-6-21(27)22(20)25(32)30-18-7-8-19-16(13-18)3-1-4-17-14-29-24(31-23(17)19)15-9-11-28-12-10-15/h2,5-14H,1,3-4H2,(H,30,32). The highest BCUT2D eigenvalue weighted by Crippen LogP contribution is 2.33. The van der Waals surface area contributed by atoms with Crippen LogP contribution in [0.1, 0.15) is 27.9 Å². The number of nitrogens with one attached hydrogen (secondary N) is 1. The van der Waals surface area contributed by atoms with Crippen molar-refractivity contribution in [2.75, 3.05) is 5.32 Å². The largest absolute Gasteiger partial charge is 0.322 e. The SMILES string of the molecule is O=C(Nc1ccc2c(c1)CCCc1cnc(-c3ccncc3)nc1-2)c1c(F)cccc1F. The molecule has 1 aliphatic carbocycles. The molecule has 0 saturated carbocycles. The molecule has 0 fully saturated rings. The molecule has 0 saturated heterocycles. The number of aryl methyl sites for hydroxylation is 2. The Morgan fingerprint density at radius 1 is 0.938 bits per heavy atom. The van der Waals surface area contributed by atoms with Crippen molar-refractivity contribution in [3.05, 3.63) is 95.4 Å².